The van der Waals surface area contributed by atoms with Gasteiger partial charge >= 0.3 is 5.97 Å². The zero-order chi connectivity index (χ0) is 13.8. The van der Waals surface area contributed by atoms with Crippen LogP contribution in [0.15, 0.2) is 0 Å². The number of likely N-dealkylation sites (tertiary alicyclic amines) is 2. The smallest absolute Gasteiger partial charge is 0.308 e. The fraction of sp³-hybridized carbons (Fsp3) is 0.857. The Kier molecular flexibility index (Phi) is 4.80. The Labute approximate surface area is 114 Å². The van der Waals surface area contributed by atoms with E-state index in [0.29, 0.717) is 19.4 Å². The lowest BCUT2D eigenvalue weighted by molar-refractivity contribution is -0.148. The lowest BCUT2D eigenvalue weighted by atomic mass is 9.96. The Balaban J connectivity index is 1.90. The normalized spacial score (nSPS) is 27.3. The lowest BCUT2D eigenvalue weighted by Gasteiger charge is -2.38. The van der Waals surface area contributed by atoms with Crippen LogP contribution in [0.5, 0.6) is 0 Å². The highest BCUT2D eigenvalue weighted by atomic mass is 16.4. The first-order valence-corrected chi connectivity index (χ1v) is 7.32. The summed E-state index contributed by atoms with van der Waals surface area (Å²) in [5.41, 5.74) is 0. The summed E-state index contributed by atoms with van der Waals surface area (Å²) >= 11 is 0. The third-order valence-corrected chi connectivity index (χ3v) is 4.30. The number of rotatable bonds is 4. The topological polar surface area (TPSA) is 60.9 Å². The number of carbonyl (C=O) groups is 2. The molecule has 0 radical (unpaired) electrons. The molecule has 2 unspecified atom stereocenters. The van der Waals surface area contributed by atoms with Gasteiger partial charge in [-0.3, -0.25) is 9.59 Å². The van der Waals surface area contributed by atoms with Crippen molar-refractivity contribution in [2.45, 2.75) is 45.1 Å². The van der Waals surface area contributed by atoms with E-state index in [1.54, 1.807) is 4.90 Å². The fourth-order valence-corrected chi connectivity index (χ4v) is 3.11. The molecule has 2 saturated heterocycles. The van der Waals surface area contributed by atoms with Crippen molar-refractivity contribution in [3.05, 3.63) is 0 Å². The Morgan fingerprint density at radius 3 is 2.68 bits per heavy atom. The van der Waals surface area contributed by atoms with E-state index in [1.165, 1.54) is 19.3 Å². The van der Waals surface area contributed by atoms with E-state index in [4.69, 9.17) is 5.11 Å². The van der Waals surface area contributed by atoms with Gasteiger partial charge in [0, 0.05) is 25.6 Å². The van der Waals surface area contributed by atoms with Crippen LogP contribution < -0.4 is 0 Å². The summed E-state index contributed by atoms with van der Waals surface area (Å²) in [5.74, 6) is -1.05. The number of carbonyl (C=O) groups excluding carboxylic acids is 1. The van der Waals surface area contributed by atoms with Gasteiger partial charge in [0.15, 0.2) is 0 Å². The van der Waals surface area contributed by atoms with Crippen LogP contribution in [-0.2, 0) is 9.59 Å². The number of piperidine rings is 2. The molecule has 2 heterocycles. The minimum atomic E-state index is -0.775. The molecule has 108 valence electrons. The van der Waals surface area contributed by atoms with Gasteiger partial charge in [0.25, 0.3) is 0 Å². The fourth-order valence-electron chi connectivity index (χ4n) is 3.11. The second kappa shape index (κ2) is 6.37. The quantitative estimate of drug-likeness (QED) is 0.832. The highest BCUT2D eigenvalue weighted by Gasteiger charge is 2.33. The van der Waals surface area contributed by atoms with Gasteiger partial charge in [-0.05, 0) is 39.3 Å². The van der Waals surface area contributed by atoms with Gasteiger partial charge in [0.1, 0.15) is 0 Å². The van der Waals surface area contributed by atoms with Crippen LogP contribution in [0.25, 0.3) is 0 Å². The van der Waals surface area contributed by atoms with E-state index in [-0.39, 0.29) is 17.9 Å². The van der Waals surface area contributed by atoms with Crippen LogP contribution in [0.4, 0.5) is 0 Å². The van der Waals surface area contributed by atoms with Crippen molar-refractivity contribution in [1.29, 1.82) is 0 Å². The summed E-state index contributed by atoms with van der Waals surface area (Å²) in [4.78, 5) is 27.2. The number of amides is 1. The maximum Gasteiger partial charge on any atom is 0.308 e. The molecule has 0 spiro atoms. The summed E-state index contributed by atoms with van der Waals surface area (Å²) in [6.45, 7) is 5.50. The minimum absolute atomic E-state index is 0.113. The Morgan fingerprint density at radius 2 is 2.05 bits per heavy atom. The lowest BCUT2D eigenvalue weighted by Crippen LogP contribution is -2.51. The first-order chi connectivity index (χ1) is 9.08. The summed E-state index contributed by atoms with van der Waals surface area (Å²) in [6, 6.07) is 0.118. The van der Waals surface area contributed by atoms with Crippen LogP contribution in [0.2, 0.25) is 0 Å². The average molecular weight is 268 g/mol. The SMILES string of the molecule is CC(CN1CCCCC1)N1CC(C(=O)O)CCC1=O. The van der Waals surface area contributed by atoms with E-state index >= 15 is 0 Å². The van der Waals surface area contributed by atoms with Crippen molar-refractivity contribution in [2.24, 2.45) is 5.92 Å². The molecule has 5 heteroatoms. The summed E-state index contributed by atoms with van der Waals surface area (Å²) in [5, 5.41) is 9.10. The van der Waals surface area contributed by atoms with Gasteiger partial charge in [-0.25, -0.2) is 0 Å². The van der Waals surface area contributed by atoms with Crippen LogP contribution in [0, 0.1) is 5.92 Å². The molecule has 0 saturated carbocycles. The van der Waals surface area contributed by atoms with E-state index in [0.717, 1.165) is 19.6 Å². The van der Waals surface area contributed by atoms with Crippen molar-refractivity contribution in [1.82, 2.24) is 9.80 Å². The molecule has 19 heavy (non-hydrogen) atoms. The van der Waals surface area contributed by atoms with Crippen molar-refractivity contribution >= 4 is 11.9 Å². The van der Waals surface area contributed by atoms with Crippen LogP contribution in [0.1, 0.15) is 39.0 Å². The van der Waals surface area contributed by atoms with Gasteiger partial charge in [0.2, 0.25) is 5.91 Å². The van der Waals surface area contributed by atoms with E-state index in [9.17, 15) is 9.59 Å². The monoisotopic (exact) mass is 268 g/mol. The molecule has 5 nitrogen and oxygen atoms in total. The van der Waals surface area contributed by atoms with Gasteiger partial charge in [-0.2, -0.15) is 0 Å². The molecule has 2 atom stereocenters. The Bertz CT molecular complexity index is 340. The number of hydrogen-bond donors (Lipinski definition) is 1. The molecule has 2 fully saturated rings. The zero-order valence-electron chi connectivity index (χ0n) is 11.7. The molecule has 1 amide bonds. The second-order valence-corrected chi connectivity index (χ2v) is 5.83. The Hall–Kier alpha value is -1.10. The molecule has 0 aromatic carbocycles. The molecule has 2 aliphatic heterocycles. The zero-order valence-corrected chi connectivity index (χ0v) is 11.7. The molecular formula is C14H24N2O3. The first-order valence-electron chi connectivity index (χ1n) is 7.32. The molecule has 0 aromatic heterocycles. The van der Waals surface area contributed by atoms with Crippen molar-refractivity contribution in [3.63, 3.8) is 0 Å². The second-order valence-electron chi connectivity index (χ2n) is 5.83. The Morgan fingerprint density at radius 1 is 1.37 bits per heavy atom. The molecule has 2 rings (SSSR count). The third-order valence-electron chi connectivity index (χ3n) is 4.30. The highest BCUT2D eigenvalue weighted by molar-refractivity contribution is 5.80. The summed E-state index contributed by atoms with van der Waals surface area (Å²) < 4.78 is 0. The van der Waals surface area contributed by atoms with Crippen molar-refractivity contribution in [2.75, 3.05) is 26.2 Å². The number of aliphatic carboxylic acids is 1. The first kappa shape index (κ1) is 14.3. The maximum atomic E-state index is 12.0. The van der Waals surface area contributed by atoms with E-state index in [2.05, 4.69) is 4.90 Å². The predicted molar refractivity (Wildman–Crippen MR) is 71.8 cm³/mol. The van der Waals surface area contributed by atoms with Crippen molar-refractivity contribution < 1.29 is 14.7 Å². The third kappa shape index (κ3) is 3.69. The summed E-state index contributed by atoms with van der Waals surface area (Å²) in [7, 11) is 0. The van der Waals surface area contributed by atoms with Crippen molar-refractivity contribution in [3.8, 4) is 0 Å². The predicted octanol–water partition coefficient (Wildman–Crippen LogP) is 1.18. The number of hydrogen-bond acceptors (Lipinski definition) is 3. The van der Waals surface area contributed by atoms with E-state index in [1.807, 2.05) is 6.92 Å². The molecule has 0 aromatic rings. The number of carboxylic acids is 1. The molecule has 0 aliphatic carbocycles. The average Bonchev–Trinajstić information content (AvgIpc) is 2.40. The molecule has 0 bridgehead atoms. The van der Waals surface area contributed by atoms with E-state index < -0.39 is 5.97 Å². The highest BCUT2D eigenvalue weighted by Crippen LogP contribution is 2.21. The largest absolute Gasteiger partial charge is 0.481 e. The van der Waals surface area contributed by atoms with Gasteiger partial charge in [0.05, 0.1) is 5.92 Å². The minimum Gasteiger partial charge on any atom is -0.481 e. The van der Waals surface area contributed by atoms with Crippen LogP contribution in [0.3, 0.4) is 0 Å². The van der Waals surface area contributed by atoms with Crippen LogP contribution in [-0.4, -0.2) is 59.0 Å². The van der Waals surface area contributed by atoms with Gasteiger partial charge in [-0.15, -0.1) is 0 Å². The van der Waals surface area contributed by atoms with Gasteiger partial charge < -0.3 is 14.9 Å². The van der Waals surface area contributed by atoms with Crippen LogP contribution >= 0.6 is 0 Å². The molecule has 1 N–H and O–H groups in total. The van der Waals surface area contributed by atoms with Gasteiger partial charge in [-0.1, -0.05) is 6.42 Å². The number of nitrogens with zero attached hydrogens (tertiary/aromatic N) is 2. The standard InChI is InChI=1S/C14H24N2O3/c1-11(9-15-7-3-2-4-8-15)16-10-12(14(18)19)5-6-13(16)17/h11-12H,2-10H2,1H3,(H,18,19). The maximum absolute atomic E-state index is 12.0. The molecular weight excluding hydrogens is 244 g/mol. The summed E-state index contributed by atoms with van der Waals surface area (Å²) in [6.07, 6.45) is 4.63. The molecule has 2 aliphatic rings. The number of carboxylic acid groups (broad SMARTS) is 1.